The highest BCUT2D eigenvalue weighted by Gasteiger charge is 2.47. The first kappa shape index (κ1) is 35.8. The number of ether oxygens (including phenoxy) is 3. The lowest BCUT2D eigenvalue weighted by Crippen LogP contribution is -2.62. The summed E-state index contributed by atoms with van der Waals surface area (Å²) in [7, 11) is -0.638. The van der Waals surface area contributed by atoms with E-state index in [-0.39, 0.29) is 47.4 Å². The summed E-state index contributed by atoms with van der Waals surface area (Å²) < 4.78 is 60.2. The summed E-state index contributed by atoms with van der Waals surface area (Å²) in [6, 6.07) is 3.38. The third-order valence-corrected chi connectivity index (χ3v) is 11.7. The van der Waals surface area contributed by atoms with Crippen LogP contribution >= 0.6 is 0 Å². The molecule has 0 radical (unpaired) electrons. The van der Waals surface area contributed by atoms with Gasteiger partial charge < -0.3 is 29.1 Å². The molecule has 49 heavy (non-hydrogen) atoms. The van der Waals surface area contributed by atoms with Crippen LogP contribution in [0.25, 0.3) is 0 Å². The molecule has 270 valence electrons. The zero-order chi connectivity index (χ0) is 35.0. The molecule has 0 saturated carbocycles. The van der Waals surface area contributed by atoms with Gasteiger partial charge in [0.25, 0.3) is 16.1 Å². The van der Waals surface area contributed by atoms with Gasteiger partial charge in [0.05, 0.1) is 37.6 Å². The Hall–Kier alpha value is -2.99. The topological polar surface area (TPSA) is 150 Å². The summed E-state index contributed by atoms with van der Waals surface area (Å²) in [6.45, 7) is 8.49. The Morgan fingerprint density at radius 3 is 2.55 bits per heavy atom. The zero-order valence-electron chi connectivity index (χ0n) is 28.7. The molecular formula is C33H48FN7O7S. The molecule has 4 aliphatic rings. The molecule has 4 saturated heterocycles. The van der Waals surface area contributed by atoms with Crippen LogP contribution in [0.4, 0.5) is 10.2 Å². The van der Waals surface area contributed by atoms with Crippen LogP contribution in [0.2, 0.25) is 0 Å². The van der Waals surface area contributed by atoms with E-state index < -0.39 is 21.8 Å². The number of nitrogens with zero attached hydrogens (tertiary/aromatic N) is 6. The molecule has 5 heterocycles. The lowest BCUT2D eigenvalue weighted by molar-refractivity contribution is -0.239. The normalized spacial score (nSPS) is 25.9. The van der Waals surface area contributed by atoms with Gasteiger partial charge in [0.1, 0.15) is 17.9 Å². The molecule has 1 amide bonds. The molecular weight excluding hydrogens is 657 g/mol. The summed E-state index contributed by atoms with van der Waals surface area (Å²) >= 11 is 0. The number of carbonyl (C=O) groups excluding carboxylic acids is 1. The molecule has 1 aromatic carbocycles. The Labute approximate surface area is 287 Å². The van der Waals surface area contributed by atoms with Crippen molar-refractivity contribution >= 4 is 21.9 Å². The Morgan fingerprint density at radius 1 is 1.16 bits per heavy atom. The minimum atomic E-state index is -3.57. The summed E-state index contributed by atoms with van der Waals surface area (Å²) in [5.41, 5.74) is 0.222. The van der Waals surface area contributed by atoms with Crippen LogP contribution < -0.4 is 14.4 Å². The van der Waals surface area contributed by atoms with Gasteiger partial charge in [-0.1, -0.05) is 0 Å². The minimum Gasteiger partial charge on any atom is -0.451 e. The van der Waals surface area contributed by atoms with E-state index in [0.717, 1.165) is 49.7 Å². The zero-order valence-corrected chi connectivity index (χ0v) is 29.5. The first-order chi connectivity index (χ1) is 23.3. The van der Waals surface area contributed by atoms with Gasteiger partial charge >= 0.3 is 0 Å². The molecule has 0 bridgehead atoms. The largest absolute Gasteiger partial charge is 0.451 e. The number of carbonyl (C=O) groups is 1. The van der Waals surface area contributed by atoms with E-state index in [1.807, 2.05) is 13.8 Å². The number of likely N-dealkylation sites (tertiary alicyclic amines) is 1. The second-order valence-electron chi connectivity index (χ2n) is 14.3. The molecule has 2 N–H and O–H groups in total. The van der Waals surface area contributed by atoms with Crippen molar-refractivity contribution in [3.63, 3.8) is 0 Å². The van der Waals surface area contributed by atoms with Crippen molar-refractivity contribution in [1.29, 1.82) is 0 Å². The number of aromatic nitrogens is 2. The highest BCUT2D eigenvalue weighted by atomic mass is 32.2. The maximum Gasteiger partial charge on any atom is 0.279 e. The molecule has 14 nitrogen and oxygen atoms in total. The molecule has 4 aliphatic heterocycles. The number of hydrogen-bond donors (Lipinski definition) is 2. The smallest absolute Gasteiger partial charge is 0.279 e. The van der Waals surface area contributed by atoms with Crippen molar-refractivity contribution in [1.82, 2.24) is 28.8 Å². The van der Waals surface area contributed by atoms with E-state index in [9.17, 15) is 22.7 Å². The van der Waals surface area contributed by atoms with Gasteiger partial charge in [0.15, 0.2) is 17.4 Å². The molecule has 0 aliphatic carbocycles. The number of anilines is 1. The SMILES string of the molecule is CC(C)N(C(=O)c1cc(F)ccc1Oc1cncnc1N1CC2(CCN(C[C@@]3(O)CC[C@@H](NS(=O)(=O)N(C)C)CO3)CC2)C1)[C@@H]1CCOC1. The molecule has 16 heteroatoms. The lowest BCUT2D eigenvalue weighted by Gasteiger charge is -2.55. The maximum atomic E-state index is 14.5. The van der Waals surface area contributed by atoms with E-state index in [2.05, 4.69) is 24.5 Å². The first-order valence-corrected chi connectivity index (χ1v) is 18.4. The fraction of sp³-hybridized carbons (Fsp3) is 0.667. The predicted octanol–water partition coefficient (Wildman–Crippen LogP) is 2.21. The fourth-order valence-electron chi connectivity index (χ4n) is 7.31. The Kier molecular flexibility index (Phi) is 10.5. The van der Waals surface area contributed by atoms with Gasteiger partial charge in [-0.3, -0.25) is 9.69 Å². The van der Waals surface area contributed by atoms with Crippen molar-refractivity contribution < 1.29 is 36.9 Å². The average molecular weight is 706 g/mol. The standard InChI is InChI=1S/C33H48FN7O7S/c1-23(2)41(26-8-14-46-18-26)31(42)27-15-24(34)5-6-28(27)48-29-16-35-22-36-30(29)40-19-32(20-40)10-12-39(13-11-32)21-33(43)9-7-25(17-47-33)37-49(44,45)38(3)4/h5-6,15-16,22-23,25-26,37,43H,7-14,17-21H2,1-4H3/t25-,26-,33-/m1/s1. The van der Waals surface area contributed by atoms with Crippen molar-refractivity contribution in [2.24, 2.45) is 5.41 Å². The summed E-state index contributed by atoms with van der Waals surface area (Å²) in [5, 5.41) is 11.1. The van der Waals surface area contributed by atoms with Crippen LogP contribution in [0, 0.1) is 11.2 Å². The van der Waals surface area contributed by atoms with Gasteiger partial charge in [0, 0.05) is 57.7 Å². The van der Waals surface area contributed by atoms with Crippen LogP contribution in [-0.2, 0) is 19.7 Å². The Balaban J connectivity index is 1.05. The van der Waals surface area contributed by atoms with Crippen LogP contribution in [0.1, 0.15) is 56.3 Å². The molecule has 1 aromatic heterocycles. The second-order valence-corrected chi connectivity index (χ2v) is 16.2. The van der Waals surface area contributed by atoms with E-state index >= 15 is 0 Å². The predicted molar refractivity (Wildman–Crippen MR) is 179 cm³/mol. The summed E-state index contributed by atoms with van der Waals surface area (Å²) in [5.74, 6) is -0.925. The number of rotatable bonds is 11. The number of piperidine rings is 1. The molecule has 2 aromatic rings. The van der Waals surface area contributed by atoms with E-state index in [0.29, 0.717) is 44.2 Å². The number of aliphatic hydroxyl groups is 1. The van der Waals surface area contributed by atoms with Crippen molar-refractivity contribution in [2.75, 3.05) is 71.5 Å². The third kappa shape index (κ3) is 8.00. The van der Waals surface area contributed by atoms with E-state index in [1.165, 1.54) is 38.6 Å². The van der Waals surface area contributed by atoms with Gasteiger partial charge in [0.2, 0.25) is 0 Å². The average Bonchev–Trinajstić information content (AvgIpc) is 3.57. The monoisotopic (exact) mass is 705 g/mol. The van der Waals surface area contributed by atoms with Crippen LogP contribution in [0.3, 0.4) is 0 Å². The van der Waals surface area contributed by atoms with Crippen molar-refractivity contribution in [3.8, 4) is 11.5 Å². The molecule has 6 rings (SSSR count). The van der Waals surface area contributed by atoms with Crippen molar-refractivity contribution in [3.05, 3.63) is 42.1 Å². The quantitative estimate of drug-likeness (QED) is 0.355. The first-order valence-electron chi connectivity index (χ1n) is 17.0. The number of amides is 1. The molecule has 0 unspecified atom stereocenters. The minimum absolute atomic E-state index is 0.0857. The highest BCUT2D eigenvalue weighted by Crippen LogP contribution is 2.45. The number of β-amino-alcohol motifs (C(OH)–C–C–N with tert-alkyl or cyclic N) is 1. The number of halogens is 1. The molecule has 4 fully saturated rings. The van der Waals surface area contributed by atoms with Crippen LogP contribution in [0.5, 0.6) is 11.5 Å². The van der Waals surface area contributed by atoms with E-state index in [1.54, 1.807) is 11.1 Å². The summed E-state index contributed by atoms with van der Waals surface area (Å²) in [4.78, 5) is 28.6. The lowest BCUT2D eigenvalue weighted by atomic mass is 9.72. The van der Waals surface area contributed by atoms with Gasteiger partial charge in [-0.15, -0.1) is 0 Å². The molecule has 3 atom stereocenters. The summed E-state index contributed by atoms with van der Waals surface area (Å²) in [6.07, 6.45) is 6.44. The number of benzene rings is 1. The van der Waals surface area contributed by atoms with E-state index in [4.69, 9.17) is 14.2 Å². The van der Waals surface area contributed by atoms with Crippen LogP contribution in [0.15, 0.2) is 30.7 Å². The Morgan fingerprint density at radius 2 is 1.92 bits per heavy atom. The van der Waals surface area contributed by atoms with Gasteiger partial charge in [-0.05, 0) is 70.8 Å². The maximum absolute atomic E-state index is 14.5. The third-order valence-electron chi connectivity index (χ3n) is 10.1. The highest BCUT2D eigenvalue weighted by molar-refractivity contribution is 7.87. The van der Waals surface area contributed by atoms with Gasteiger partial charge in [-0.2, -0.15) is 17.4 Å². The van der Waals surface area contributed by atoms with Crippen molar-refractivity contribution in [2.45, 2.75) is 69.9 Å². The number of nitrogens with one attached hydrogen (secondary N) is 1. The van der Waals surface area contributed by atoms with Gasteiger partial charge in [-0.25, -0.2) is 14.4 Å². The van der Waals surface area contributed by atoms with Crippen LogP contribution in [-0.4, -0.2) is 134 Å². The molecule has 1 spiro atoms. The Bertz CT molecular complexity index is 1580. The number of hydrogen-bond acceptors (Lipinski definition) is 11. The second kappa shape index (κ2) is 14.3. The fourth-order valence-corrected chi connectivity index (χ4v) is 8.13.